The molecular formula is C11H21NO3. The summed E-state index contributed by atoms with van der Waals surface area (Å²) in [4.78, 5) is 10.9. The van der Waals surface area contributed by atoms with Crippen LogP contribution in [0.5, 0.6) is 0 Å². The lowest BCUT2D eigenvalue weighted by molar-refractivity contribution is -0.142. The van der Waals surface area contributed by atoms with Crippen molar-refractivity contribution in [1.29, 1.82) is 0 Å². The normalized spacial score (nSPS) is 22.9. The zero-order valence-corrected chi connectivity index (χ0v) is 9.15. The fourth-order valence-corrected chi connectivity index (χ4v) is 2.01. The molecule has 0 aromatic carbocycles. The smallest absolute Gasteiger partial charge is 0.306 e. The standard InChI is InChI=1S/C11H21NO3/c12-7-1-3-9(11(13)14)5-6-10-4-2-8-15-10/h9-10H,1-8,12H2,(H,13,14). The van der Waals surface area contributed by atoms with E-state index in [1.807, 2.05) is 0 Å². The number of ether oxygens (including phenoxy) is 1. The number of aliphatic carboxylic acids is 1. The van der Waals surface area contributed by atoms with Crippen molar-refractivity contribution < 1.29 is 14.6 Å². The highest BCUT2D eigenvalue weighted by Gasteiger charge is 2.21. The lowest BCUT2D eigenvalue weighted by atomic mass is 9.95. The van der Waals surface area contributed by atoms with E-state index in [0.717, 1.165) is 38.7 Å². The highest BCUT2D eigenvalue weighted by Crippen LogP contribution is 2.21. The summed E-state index contributed by atoms with van der Waals surface area (Å²) in [6.07, 6.45) is 5.58. The molecule has 0 saturated carbocycles. The monoisotopic (exact) mass is 215 g/mol. The number of nitrogens with two attached hydrogens (primary N) is 1. The first-order valence-electron chi connectivity index (χ1n) is 5.78. The molecule has 88 valence electrons. The maximum atomic E-state index is 10.9. The Labute approximate surface area is 90.8 Å². The van der Waals surface area contributed by atoms with Crippen LogP contribution in [-0.4, -0.2) is 30.3 Å². The average molecular weight is 215 g/mol. The maximum absolute atomic E-state index is 10.9. The van der Waals surface area contributed by atoms with Crippen molar-refractivity contribution in [2.75, 3.05) is 13.2 Å². The molecule has 1 aliphatic heterocycles. The van der Waals surface area contributed by atoms with Gasteiger partial charge in [0.1, 0.15) is 0 Å². The van der Waals surface area contributed by atoms with E-state index in [0.29, 0.717) is 19.1 Å². The van der Waals surface area contributed by atoms with Gasteiger partial charge in [-0.1, -0.05) is 0 Å². The quantitative estimate of drug-likeness (QED) is 0.673. The number of carboxylic acid groups (broad SMARTS) is 1. The van der Waals surface area contributed by atoms with E-state index in [9.17, 15) is 4.79 Å². The van der Waals surface area contributed by atoms with Gasteiger partial charge in [0.15, 0.2) is 0 Å². The number of hydrogen-bond donors (Lipinski definition) is 2. The molecule has 3 N–H and O–H groups in total. The number of carboxylic acids is 1. The SMILES string of the molecule is NCCCC(CCC1CCCO1)C(=O)O. The van der Waals surface area contributed by atoms with E-state index in [-0.39, 0.29) is 5.92 Å². The first-order valence-corrected chi connectivity index (χ1v) is 5.78. The Morgan fingerprint density at radius 2 is 2.33 bits per heavy atom. The van der Waals surface area contributed by atoms with E-state index in [4.69, 9.17) is 15.6 Å². The number of hydrogen-bond acceptors (Lipinski definition) is 3. The third-order valence-corrected chi connectivity index (χ3v) is 2.97. The maximum Gasteiger partial charge on any atom is 0.306 e. The van der Waals surface area contributed by atoms with Gasteiger partial charge in [-0.25, -0.2) is 0 Å². The van der Waals surface area contributed by atoms with Gasteiger partial charge in [0.05, 0.1) is 12.0 Å². The lowest BCUT2D eigenvalue weighted by Gasteiger charge is -2.14. The first-order chi connectivity index (χ1) is 7.24. The van der Waals surface area contributed by atoms with Crippen LogP contribution in [0.25, 0.3) is 0 Å². The van der Waals surface area contributed by atoms with E-state index >= 15 is 0 Å². The molecule has 1 aliphatic rings. The molecule has 1 heterocycles. The zero-order valence-electron chi connectivity index (χ0n) is 9.15. The van der Waals surface area contributed by atoms with E-state index in [1.165, 1.54) is 0 Å². The van der Waals surface area contributed by atoms with Crippen LogP contribution in [0.3, 0.4) is 0 Å². The minimum Gasteiger partial charge on any atom is -0.481 e. The number of carbonyl (C=O) groups is 1. The Bertz CT molecular complexity index is 190. The molecule has 0 radical (unpaired) electrons. The Kier molecular flexibility index (Phi) is 5.65. The highest BCUT2D eigenvalue weighted by molar-refractivity contribution is 5.69. The van der Waals surface area contributed by atoms with Crippen molar-refractivity contribution in [1.82, 2.24) is 0 Å². The van der Waals surface area contributed by atoms with Crippen molar-refractivity contribution in [3.05, 3.63) is 0 Å². The summed E-state index contributed by atoms with van der Waals surface area (Å²) < 4.78 is 5.47. The third kappa shape index (κ3) is 4.62. The molecule has 0 aromatic rings. The van der Waals surface area contributed by atoms with Crippen LogP contribution in [0.2, 0.25) is 0 Å². The molecule has 0 spiro atoms. The van der Waals surface area contributed by atoms with E-state index < -0.39 is 5.97 Å². The molecule has 1 rings (SSSR count). The zero-order chi connectivity index (χ0) is 11.1. The number of rotatable bonds is 7. The first kappa shape index (κ1) is 12.5. The van der Waals surface area contributed by atoms with Crippen molar-refractivity contribution in [3.8, 4) is 0 Å². The Balaban J connectivity index is 2.20. The summed E-state index contributed by atoms with van der Waals surface area (Å²) in [5.41, 5.74) is 5.38. The Morgan fingerprint density at radius 3 is 2.87 bits per heavy atom. The minimum absolute atomic E-state index is 0.238. The van der Waals surface area contributed by atoms with Gasteiger partial charge in [0, 0.05) is 6.61 Å². The van der Waals surface area contributed by atoms with Gasteiger partial charge in [-0.3, -0.25) is 4.79 Å². The fourth-order valence-electron chi connectivity index (χ4n) is 2.01. The highest BCUT2D eigenvalue weighted by atomic mass is 16.5. The summed E-state index contributed by atoms with van der Waals surface area (Å²) >= 11 is 0. The summed E-state index contributed by atoms with van der Waals surface area (Å²) in [5, 5.41) is 8.99. The second kappa shape index (κ2) is 6.80. The van der Waals surface area contributed by atoms with Gasteiger partial charge < -0.3 is 15.6 Å². The van der Waals surface area contributed by atoms with Gasteiger partial charge in [0.2, 0.25) is 0 Å². The molecule has 0 aliphatic carbocycles. The minimum atomic E-state index is -0.693. The Morgan fingerprint density at radius 1 is 1.53 bits per heavy atom. The third-order valence-electron chi connectivity index (χ3n) is 2.97. The van der Waals surface area contributed by atoms with Crippen LogP contribution in [0.15, 0.2) is 0 Å². The van der Waals surface area contributed by atoms with Crippen molar-refractivity contribution in [2.24, 2.45) is 11.7 Å². The topological polar surface area (TPSA) is 72.5 Å². The van der Waals surface area contributed by atoms with Gasteiger partial charge in [-0.05, 0) is 45.1 Å². The molecule has 4 nitrogen and oxygen atoms in total. The van der Waals surface area contributed by atoms with Crippen molar-refractivity contribution in [3.63, 3.8) is 0 Å². The summed E-state index contributed by atoms with van der Waals surface area (Å²) in [6, 6.07) is 0. The molecule has 0 aromatic heterocycles. The van der Waals surface area contributed by atoms with E-state index in [2.05, 4.69) is 0 Å². The molecule has 15 heavy (non-hydrogen) atoms. The van der Waals surface area contributed by atoms with Crippen LogP contribution >= 0.6 is 0 Å². The van der Waals surface area contributed by atoms with Crippen molar-refractivity contribution in [2.45, 2.75) is 44.6 Å². The van der Waals surface area contributed by atoms with Crippen LogP contribution in [0.1, 0.15) is 38.5 Å². The van der Waals surface area contributed by atoms with Crippen LogP contribution in [0.4, 0.5) is 0 Å². The molecule has 0 amide bonds. The van der Waals surface area contributed by atoms with Crippen molar-refractivity contribution >= 4 is 5.97 Å². The largest absolute Gasteiger partial charge is 0.481 e. The molecule has 1 fully saturated rings. The molecule has 0 bridgehead atoms. The van der Waals surface area contributed by atoms with Gasteiger partial charge in [-0.15, -0.1) is 0 Å². The summed E-state index contributed by atoms with van der Waals surface area (Å²) in [7, 11) is 0. The van der Waals surface area contributed by atoms with Crippen LogP contribution in [0, 0.1) is 5.92 Å². The average Bonchev–Trinajstić information content (AvgIpc) is 2.70. The summed E-state index contributed by atoms with van der Waals surface area (Å²) in [5.74, 6) is -0.931. The van der Waals surface area contributed by atoms with E-state index in [1.54, 1.807) is 0 Å². The molecule has 4 heteroatoms. The lowest BCUT2D eigenvalue weighted by Crippen LogP contribution is -2.18. The molecule has 1 saturated heterocycles. The predicted molar refractivity (Wildman–Crippen MR) is 57.6 cm³/mol. The second-order valence-corrected chi connectivity index (χ2v) is 4.18. The molecular weight excluding hydrogens is 194 g/mol. The van der Waals surface area contributed by atoms with Gasteiger partial charge >= 0.3 is 5.97 Å². The summed E-state index contributed by atoms with van der Waals surface area (Å²) in [6.45, 7) is 1.41. The van der Waals surface area contributed by atoms with Crippen LogP contribution in [-0.2, 0) is 9.53 Å². The Hall–Kier alpha value is -0.610. The molecule has 2 atom stereocenters. The molecule has 2 unspecified atom stereocenters. The predicted octanol–water partition coefficient (Wildman–Crippen LogP) is 1.39. The fraction of sp³-hybridized carbons (Fsp3) is 0.909. The van der Waals surface area contributed by atoms with Crippen LogP contribution < -0.4 is 5.73 Å². The van der Waals surface area contributed by atoms with Gasteiger partial charge in [0.25, 0.3) is 0 Å². The second-order valence-electron chi connectivity index (χ2n) is 4.18. The van der Waals surface area contributed by atoms with Gasteiger partial charge in [-0.2, -0.15) is 0 Å².